The number of para-hydroxylation sites is 1. The summed E-state index contributed by atoms with van der Waals surface area (Å²) in [4.78, 5) is 14.5. The van der Waals surface area contributed by atoms with Crippen LogP contribution in [0.2, 0.25) is 0 Å². The molecule has 1 unspecified atom stereocenters. The van der Waals surface area contributed by atoms with Gasteiger partial charge >= 0.3 is 6.03 Å². The number of aromatic nitrogens is 3. The summed E-state index contributed by atoms with van der Waals surface area (Å²) in [6, 6.07) is 20.1. The molecule has 1 fully saturated rings. The molecular formula is C22H25N5O. The predicted octanol–water partition coefficient (Wildman–Crippen LogP) is 3.43. The number of hydrogen-bond acceptors (Lipinski definition) is 3. The van der Waals surface area contributed by atoms with Gasteiger partial charge in [0.1, 0.15) is 12.2 Å². The van der Waals surface area contributed by atoms with Gasteiger partial charge in [0.05, 0.1) is 0 Å². The predicted molar refractivity (Wildman–Crippen MR) is 108 cm³/mol. The molecule has 2 heterocycles. The highest BCUT2D eigenvalue weighted by Gasteiger charge is 2.25. The molecular weight excluding hydrogens is 350 g/mol. The van der Waals surface area contributed by atoms with Gasteiger partial charge in [-0.1, -0.05) is 48.5 Å². The Kier molecular flexibility index (Phi) is 5.66. The zero-order valence-corrected chi connectivity index (χ0v) is 15.9. The Balaban J connectivity index is 1.36. The highest BCUT2D eigenvalue weighted by atomic mass is 16.2. The summed E-state index contributed by atoms with van der Waals surface area (Å²) in [6.07, 6.45) is 4.70. The molecule has 0 saturated carbocycles. The second-order valence-electron chi connectivity index (χ2n) is 7.26. The number of carbonyl (C=O) groups is 1. The molecule has 144 valence electrons. The summed E-state index contributed by atoms with van der Waals surface area (Å²) in [5, 5.41) is 11.5. The Bertz CT molecular complexity index is 894. The Hall–Kier alpha value is -3.15. The van der Waals surface area contributed by atoms with Crippen molar-refractivity contribution in [2.75, 3.05) is 13.1 Å². The van der Waals surface area contributed by atoms with Crippen molar-refractivity contribution in [2.45, 2.75) is 25.8 Å². The van der Waals surface area contributed by atoms with E-state index in [1.54, 1.807) is 6.33 Å². The minimum absolute atomic E-state index is 0.0121. The molecule has 2 aromatic carbocycles. The molecule has 0 radical (unpaired) electrons. The van der Waals surface area contributed by atoms with Crippen LogP contribution in [-0.4, -0.2) is 38.8 Å². The molecule has 1 N–H and O–H groups in total. The number of benzene rings is 2. The first-order valence-corrected chi connectivity index (χ1v) is 9.80. The van der Waals surface area contributed by atoms with Gasteiger partial charge in [0.25, 0.3) is 0 Å². The van der Waals surface area contributed by atoms with Crippen molar-refractivity contribution in [1.29, 1.82) is 0 Å². The van der Waals surface area contributed by atoms with Crippen molar-refractivity contribution in [2.24, 2.45) is 5.92 Å². The number of nitrogens with one attached hydrogen (secondary N) is 1. The van der Waals surface area contributed by atoms with Gasteiger partial charge in [-0.05, 0) is 36.5 Å². The molecule has 1 atom stereocenters. The van der Waals surface area contributed by atoms with Crippen LogP contribution in [0, 0.1) is 5.92 Å². The van der Waals surface area contributed by atoms with Crippen molar-refractivity contribution in [3.05, 3.63) is 78.4 Å². The van der Waals surface area contributed by atoms with Crippen molar-refractivity contribution >= 4 is 6.03 Å². The number of amides is 2. The maximum Gasteiger partial charge on any atom is 0.317 e. The van der Waals surface area contributed by atoms with Gasteiger partial charge in [0.15, 0.2) is 0 Å². The molecule has 0 spiro atoms. The van der Waals surface area contributed by atoms with Gasteiger partial charge in [-0.2, -0.15) is 0 Å². The van der Waals surface area contributed by atoms with Crippen molar-refractivity contribution in [3.63, 3.8) is 0 Å². The van der Waals surface area contributed by atoms with Crippen LogP contribution in [0.4, 0.5) is 4.79 Å². The number of hydrogen-bond donors (Lipinski definition) is 1. The van der Waals surface area contributed by atoms with Crippen LogP contribution < -0.4 is 5.32 Å². The van der Waals surface area contributed by atoms with E-state index in [0.717, 1.165) is 49.4 Å². The van der Waals surface area contributed by atoms with Crippen LogP contribution in [0.1, 0.15) is 24.2 Å². The molecule has 4 rings (SSSR count). The van der Waals surface area contributed by atoms with Crippen LogP contribution in [0.5, 0.6) is 0 Å². The van der Waals surface area contributed by atoms with Gasteiger partial charge in [0.2, 0.25) is 0 Å². The number of likely N-dealkylation sites (tertiary alicyclic amines) is 1. The van der Waals surface area contributed by atoms with Gasteiger partial charge in [-0.15, -0.1) is 10.2 Å². The third kappa shape index (κ3) is 4.39. The lowest BCUT2D eigenvalue weighted by atomic mass is 9.94. The Labute approximate surface area is 165 Å². The van der Waals surface area contributed by atoms with E-state index in [1.165, 1.54) is 0 Å². The summed E-state index contributed by atoms with van der Waals surface area (Å²) < 4.78 is 2.04. The largest absolute Gasteiger partial charge is 0.334 e. The Morgan fingerprint density at radius 1 is 1.07 bits per heavy atom. The first-order chi connectivity index (χ1) is 13.8. The number of nitrogens with zero attached hydrogens (tertiary/aromatic N) is 4. The van der Waals surface area contributed by atoms with Gasteiger partial charge in [-0.25, -0.2) is 4.79 Å². The summed E-state index contributed by atoms with van der Waals surface area (Å²) in [5.41, 5.74) is 2.18. The quantitative estimate of drug-likeness (QED) is 0.743. The van der Waals surface area contributed by atoms with E-state index in [2.05, 4.69) is 27.6 Å². The van der Waals surface area contributed by atoms with E-state index >= 15 is 0 Å². The molecule has 1 aliphatic rings. The van der Waals surface area contributed by atoms with Gasteiger partial charge < -0.3 is 10.2 Å². The summed E-state index contributed by atoms with van der Waals surface area (Å²) in [6.45, 7) is 2.12. The van der Waals surface area contributed by atoms with Gasteiger partial charge in [-0.3, -0.25) is 4.57 Å². The fourth-order valence-electron chi connectivity index (χ4n) is 3.76. The van der Waals surface area contributed by atoms with E-state index in [-0.39, 0.29) is 6.03 Å². The monoisotopic (exact) mass is 375 g/mol. The normalized spacial score (nSPS) is 16.7. The highest BCUT2D eigenvalue weighted by molar-refractivity contribution is 5.74. The van der Waals surface area contributed by atoms with E-state index in [9.17, 15) is 4.79 Å². The van der Waals surface area contributed by atoms with Crippen molar-refractivity contribution < 1.29 is 4.79 Å². The molecule has 2 amide bonds. The van der Waals surface area contributed by atoms with Crippen molar-refractivity contribution in [3.8, 4) is 5.69 Å². The summed E-state index contributed by atoms with van der Waals surface area (Å²) in [5.74, 6) is 1.34. The maximum atomic E-state index is 12.6. The second kappa shape index (κ2) is 8.69. The molecule has 0 bridgehead atoms. The standard InChI is InChI=1S/C22H25N5O/c28-22(23-15-18-8-3-1-4-9-18)26-13-7-10-19(16-26)14-21-25-24-17-27(21)20-11-5-2-6-12-20/h1-6,8-9,11-12,17,19H,7,10,13-16H2,(H,23,28). The smallest absolute Gasteiger partial charge is 0.317 e. The second-order valence-corrected chi connectivity index (χ2v) is 7.26. The van der Waals surface area contributed by atoms with E-state index < -0.39 is 0 Å². The Morgan fingerprint density at radius 3 is 2.61 bits per heavy atom. The topological polar surface area (TPSA) is 63.1 Å². The van der Waals surface area contributed by atoms with Crippen LogP contribution in [0.15, 0.2) is 67.0 Å². The SMILES string of the molecule is O=C(NCc1ccccc1)N1CCCC(Cc2nncn2-c2ccccc2)C1. The van der Waals surface area contributed by atoms with E-state index in [0.29, 0.717) is 12.5 Å². The molecule has 6 heteroatoms. The zero-order valence-electron chi connectivity index (χ0n) is 15.9. The average Bonchev–Trinajstić information content (AvgIpc) is 3.21. The fraction of sp³-hybridized carbons (Fsp3) is 0.318. The summed E-state index contributed by atoms with van der Waals surface area (Å²) in [7, 11) is 0. The number of rotatable bonds is 5. The average molecular weight is 375 g/mol. The lowest BCUT2D eigenvalue weighted by Gasteiger charge is -2.32. The van der Waals surface area contributed by atoms with E-state index in [4.69, 9.17) is 0 Å². The number of piperidine rings is 1. The summed E-state index contributed by atoms with van der Waals surface area (Å²) >= 11 is 0. The maximum absolute atomic E-state index is 12.6. The number of urea groups is 1. The fourth-order valence-corrected chi connectivity index (χ4v) is 3.76. The molecule has 0 aliphatic carbocycles. The molecule has 1 aliphatic heterocycles. The lowest BCUT2D eigenvalue weighted by Crippen LogP contribution is -2.45. The molecule has 1 aromatic heterocycles. The van der Waals surface area contributed by atoms with Crippen LogP contribution in [0.25, 0.3) is 5.69 Å². The highest BCUT2D eigenvalue weighted by Crippen LogP contribution is 2.21. The first-order valence-electron chi connectivity index (χ1n) is 9.80. The first kappa shape index (κ1) is 18.2. The minimum atomic E-state index is 0.0121. The van der Waals surface area contributed by atoms with Crippen LogP contribution in [-0.2, 0) is 13.0 Å². The minimum Gasteiger partial charge on any atom is -0.334 e. The van der Waals surface area contributed by atoms with Crippen molar-refractivity contribution in [1.82, 2.24) is 25.0 Å². The third-order valence-corrected chi connectivity index (χ3v) is 5.22. The molecule has 6 nitrogen and oxygen atoms in total. The zero-order chi connectivity index (χ0) is 19.2. The van der Waals surface area contributed by atoms with Gasteiger partial charge in [0, 0.05) is 31.7 Å². The van der Waals surface area contributed by atoms with Crippen LogP contribution in [0.3, 0.4) is 0 Å². The van der Waals surface area contributed by atoms with E-state index in [1.807, 2.05) is 58.0 Å². The Morgan fingerprint density at radius 2 is 1.82 bits per heavy atom. The van der Waals surface area contributed by atoms with Crippen LogP contribution >= 0.6 is 0 Å². The third-order valence-electron chi connectivity index (χ3n) is 5.22. The molecule has 28 heavy (non-hydrogen) atoms. The lowest BCUT2D eigenvalue weighted by molar-refractivity contribution is 0.164. The molecule has 1 saturated heterocycles. The number of carbonyl (C=O) groups excluding carboxylic acids is 1. The molecule has 3 aromatic rings.